The van der Waals surface area contributed by atoms with Gasteiger partial charge in [-0.05, 0) is 136 Å². The highest BCUT2D eigenvalue weighted by Gasteiger charge is 2.30. The van der Waals surface area contributed by atoms with Crippen LogP contribution in [0.15, 0.2) is 97.3 Å². The highest BCUT2D eigenvalue weighted by molar-refractivity contribution is 6.32. The smallest absolute Gasteiger partial charge is 0.258 e. The predicted molar refractivity (Wildman–Crippen MR) is 288 cm³/mol. The zero-order chi connectivity index (χ0) is 49.6. The standard InChI is InChI=1S/C30H35ClN4O2.C27H29ClN4O2.ClH/c1-3-14-34-15-12-22(13-16-34)29(36)11-10-21-8-9-24(17-26(21)31)30(37)35-20-25-19-32-33(2)28(25)18-23-6-4-5-7-27(23)35;1-31-25-15-20-4-2-3-5-24(20)32(17-22(25)16-30-31)27(34)21-7-6-18(23(28)14-21)8-9-26(33)19-10-12-29-13-11-19;/h4-9,17,19,22H,3,10-16,18,20H2,1-2H3;2-7,14,16,19,29H,8-13,15,17H2,1H3;1H. The van der Waals surface area contributed by atoms with Gasteiger partial charge in [0.15, 0.2) is 0 Å². The molecule has 0 spiro atoms. The monoisotopic (exact) mass is 1030 g/mol. The van der Waals surface area contributed by atoms with Gasteiger partial charge >= 0.3 is 0 Å². The number of likely N-dealkylation sites (tertiary alicyclic amines) is 1. The van der Waals surface area contributed by atoms with E-state index in [0.717, 1.165) is 134 Å². The summed E-state index contributed by atoms with van der Waals surface area (Å²) in [4.78, 5) is 58.9. The van der Waals surface area contributed by atoms with Crippen LogP contribution in [0.25, 0.3) is 0 Å². The van der Waals surface area contributed by atoms with Gasteiger partial charge < -0.3 is 20.0 Å². The number of piperidine rings is 2. The van der Waals surface area contributed by atoms with Crippen LogP contribution in [-0.2, 0) is 62.5 Å². The Labute approximate surface area is 439 Å². The summed E-state index contributed by atoms with van der Waals surface area (Å²) in [6, 6.07) is 27.0. The number of aromatic nitrogens is 4. The number of fused-ring (bicyclic) bond motifs is 4. The Morgan fingerprint density at radius 3 is 1.50 bits per heavy atom. The van der Waals surface area contributed by atoms with E-state index in [4.69, 9.17) is 23.2 Å². The lowest BCUT2D eigenvalue weighted by atomic mass is 9.89. The second-order valence-electron chi connectivity index (χ2n) is 19.6. The molecule has 6 aromatic rings. The molecule has 2 saturated heterocycles. The summed E-state index contributed by atoms with van der Waals surface area (Å²) in [5.74, 6) is 0.775. The summed E-state index contributed by atoms with van der Waals surface area (Å²) in [6.07, 6.45) is 12.2. The van der Waals surface area contributed by atoms with Gasteiger partial charge in [0.05, 0.1) is 25.5 Å². The fourth-order valence-corrected chi connectivity index (χ4v) is 11.3. The van der Waals surface area contributed by atoms with Gasteiger partial charge in [-0.1, -0.05) is 78.7 Å². The van der Waals surface area contributed by atoms with Gasteiger partial charge in [-0.25, -0.2) is 0 Å². The van der Waals surface area contributed by atoms with Crippen LogP contribution in [0, 0.1) is 11.8 Å². The summed E-state index contributed by atoms with van der Waals surface area (Å²) < 4.78 is 3.78. The van der Waals surface area contributed by atoms with Gasteiger partial charge in [-0.2, -0.15) is 10.2 Å². The number of halogens is 3. The van der Waals surface area contributed by atoms with E-state index in [1.54, 1.807) is 12.1 Å². The first-order valence-corrected chi connectivity index (χ1v) is 26.1. The zero-order valence-corrected chi connectivity index (χ0v) is 43.9. The first kappa shape index (κ1) is 52.7. The van der Waals surface area contributed by atoms with E-state index in [2.05, 4.69) is 39.5 Å². The fourth-order valence-electron chi connectivity index (χ4n) is 10.8. The van der Waals surface area contributed by atoms with Crippen molar-refractivity contribution in [3.63, 3.8) is 0 Å². The summed E-state index contributed by atoms with van der Waals surface area (Å²) in [7, 11) is 3.88. The van der Waals surface area contributed by atoms with E-state index >= 15 is 0 Å². The number of ketones is 2. The van der Waals surface area contributed by atoms with Gasteiger partial charge in [-0.15, -0.1) is 12.4 Å². The summed E-state index contributed by atoms with van der Waals surface area (Å²) in [5.41, 5.74) is 11.3. The van der Waals surface area contributed by atoms with Crippen LogP contribution in [0.1, 0.15) is 117 Å². The van der Waals surface area contributed by atoms with E-state index < -0.39 is 0 Å². The number of aryl methyl sites for hydroxylation is 4. The van der Waals surface area contributed by atoms with Crippen LogP contribution in [0.3, 0.4) is 0 Å². The number of para-hydroxylation sites is 2. The summed E-state index contributed by atoms with van der Waals surface area (Å²) in [6.45, 7) is 8.09. The average Bonchev–Trinajstić information content (AvgIpc) is 3.78. The zero-order valence-electron chi connectivity index (χ0n) is 41.5. The Hall–Kier alpha value is -5.63. The van der Waals surface area contributed by atoms with Crippen LogP contribution < -0.4 is 15.1 Å². The number of benzene rings is 4. The minimum Gasteiger partial charge on any atom is -0.317 e. The molecule has 2 amide bonds. The topological polar surface area (TPSA) is 126 Å². The van der Waals surface area contributed by atoms with Gasteiger partial charge in [0.1, 0.15) is 11.6 Å². The van der Waals surface area contributed by atoms with E-state index in [1.807, 2.05) is 106 Å². The molecule has 10 rings (SSSR count). The van der Waals surface area contributed by atoms with Crippen molar-refractivity contribution >= 4 is 70.4 Å². The molecule has 0 aliphatic carbocycles. The van der Waals surface area contributed by atoms with Crippen LogP contribution in [0.5, 0.6) is 0 Å². The number of hydrogen-bond acceptors (Lipinski definition) is 8. The molecular weight excluding hydrogens is 967 g/mol. The normalized spacial score (nSPS) is 15.9. The number of carbonyl (C=O) groups excluding carboxylic acids is 4. The van der Waals surface area contributed by atoms with E-state index in [1.165, 1.54) is 0 Å². The molecule has 4 aromatic carbocycles. The molecule has 72 heavy (non-hydrogen) atoms. The lowest BCUT2D eigenvalue weighted by Gasteiger charge is -2.30. The number of hydrogen-bond donors (Lipinski definition) is 1. The van der Waals surface area contributed by atoms with Crippen molar-refractivity contribution in [1.29, 1.82) is 0 Å². The number of nitrogens with zero attached hydrogens (tertiary/aromatic N) is 7. The minimum atomic E-state index is -0.0941. The molecule has 0 radical (unpaired) electrons. The molecule has 4 aliphatic heterocycles. The number of amides is 2. The van der Waals surface area contributed by atoms with E-state index in [-0.39, 0.29) is 36.1 Å². The summed E-state index contributed by atoms with van der Waals surface area (Å²) in [5, 5.41) is 13.2. The second-order valence-corrected chi connectivity index (χ2v) is 20.4. The molecule has 6 heterocycles. The third-order valence-electron chi connectivity index (χ3n) is 15.0. The highest BCUT2D eigenvalue weighted by atomic mass is 35.5. The number of rotatable bonds is 12. The molecule has 0 bridgehead atoms. The van der Waals surface area contributed by atoms with Crippen molar-refractivity contribution in [2.24, 2.45) is 25.9 Å². The molecular formula is C57H65Cl3N8O4. The van der Waals surface area contributed by atoms with Gasteiger partial charge in [0, 0.05) is 107 Å². The van der Waals surface area contributed by atoms with Crippen molar-refractivity contribution in [3.8, 4) is 0 Å². The van der Waals surface area contributed by atoms with Crippen molar-refractivity contribution < 1.29 is 19.2 Å². The van der Waals surface area contributed by atoms with Crippen LogP contribution in [-0.4, -0.2) is 80.6 Å². The van der Waals surface area contributed by atoms with Gasteiger partial charge in [0.25, 0.3) is 11.8 Å². The first-order chi connectivity index (χ1) is 34.4. The molecule has 378 valence electrons. The maximum Gasteiger partial charge on any atom is 0.258 e. The van der Waals surface area contributed by atoms with E-state index in [9.17, 15) is 19.2 Å². The third kappa shape index (κ3) is 11.9. The van der Waals surface area contributed by atoms with Crippen LogP contribution in [0.2, 0.25) is 10.0 Å². The summed E-state index contributed by atoms with van der Waals surface area (Å²) >= 11 is 13.2. The number of anilines is 2. The molecule has 1 N–H and O–H groups in total. The van der Waals surface area contributed by atoms with Crippen molar-refractivity contribution in [2.75, 3.05) is 42.5 Å². The largest absolute Gasteiger partial charge is 0.317 e. The van der Waals surface area contributed by atoms with E-state index in [0.29, 0.717) is 71.5 Å². The molecule has 0 saturated carbocycles. The molecule has 4 aliphatic rings. The minimum absolute atomic E-state index is 0. The lowest BCUT2D eigenvalue weighted by molar-refractivity contribution is -0.124. The molecule has 2 aromatic heterocycles. The third-order valence-corrected chi connectivity index (χ3v) is 15.7. The van der Waals surface area contributed by atoms with Gasteiger partial charge in [-0.3, -0.25) is 28.5 Å². The SMILES string of the molecule is CCCN1CCC(C(=O)CCc2ccc(C(=O)N3Cc4cnn(C)c4Cc4ccccc43)cc2Cl)CC1.Cl.Cn1ncc2c1Cc1ccccc1N(C(=O)c1ccc(CCC(=O)C3CCNCC3)c(Cl)c1)C2. The van der Waals surface area contributed by atoms with Crippen molar-refractivity contribution in [3.05, 3.63) is 163 Å². The molecule has 0 unspecified atom stereocenters. The number of carbonyl (C=O) groups is 4. The fraction of sp³-hybridized carbons (Fsp3) is 0.404. The quantitative estimate of drug-likeness (QED) is 0.129. The maximum absolute atomic E-state index is 13.7. The lowest BCUT2D eigenvalue weighted by Crippen LogP contribution is -2.36. The Morgan fingerprint density at radius 1 is 0.611 bits per heavy atom. The number of Topliss-reactive ketones (excluding diaryl/α,β-unsaturated/α-hetero) is 2. The Kier molecular flexibility index (Phi) is 17.5. The number of nitrogens with one attached hydrogen (secondary N) is 1. The van der Waals surface area contributed by atoms with Crippen LogP contribution >= 0.6 is 35.6 Å². The molecule has 15 heteroatoms. The predicted octanol–water partition coefficient (Wildman–Crippen LogP) is 10.2. The maximum atomic E-state index is 13.7. The molecule has 2 fully saturated rings. The van der Waals surface area contributed by atoms with Crippen molar-refractivity contribution in [1.82, 2.24) is 29.8 Å². The molecule has 12 nitrogen and oxygen atoms in total. The molecule has 0 atom stereocenters. The Morgan fingerprint density at radius 2 is 1.06 bits per heavy atom. The first-order valence-electron chi connectivity index (χ1n) is 25.3. The Bertz CT molecular complexity index is 2920. The second kappa shape index (κ2) is 23.9. The highest BCUT2D eigenvalue weighted by Crippen LogP contribution is 2.35. The average molecular weight is 1030 g/mol. The van der Waals surface area contributed by atoms with Gasteiger partial charge in [0.2, 0.25) is 0 Å². The van der Waals surface area contributed by atoms with Crippen molar-refractivity contribution in [2.45, 2.75) is 90.6 Å². The Balaban J connectivity index is 0.000000191. The van der Waals surface area contributed by atoms with Crippen LogP contribution in [0.4, 0.5) is 11.4 Å².